The van der Waals surface area contributed by atoms with Gasteiger partial charge in [-0.3, -0.25) is 9.48 Å². The molecule has 3 aromatic rings. The van der Waals surface area contributed by atoms with Gasteiger partial charge in [-0.2, -0.15) is 14.7 Å². The molecule has 2 aliphatic heterocycles. The number of amides is 1. The summed E-state index contributed by atoms with van der Waals surface area (Å²) in [6.45, 7) is 1.63. The highest BCUT2D eigenvalue weighted by atomic mass is 32.2. The molecule has 1 amide bonds. The maximum atomic E-state index is 14.2. The predicted octanol–water partition coefficient (Wildman–Crippen LogP) is 2.29. The summed E-state index contributed by atoms with van der Waals surface area (Å²) in [5.74, 6) is -1.10. The third-order valence-electron chi connectivity index (χ3n) is 5.77. The van der Waals surface area contributed by atoms with Crippen molar-refractivity contribution in [2.75, 3.05) is 5.73 Å². The van der Waals surface area contributed by atoms with Crippen molar-refractivity contribution in [3.63, 3.8) is 0 Å². The molecule has 0 saturated carbocycles. The number of carbonyl (C=O) groups is 1. The molecule has 5 rings (SSSR count). The van der Waals surface area contributed by atoms with E-state index in [2.05, 4.69) is 25.5 Å². The Balaban J connectivity index is 1.84. The molecule has 0 spiro atoms. The Bertz CT molecular complexity index is 1500. The molecule has 0 saturated heterocycles. The number of aryl methyl sites for hydroxylation is 1. The maximum Gasteiger partial charge on any atom is 0.258 e. The summed E-state index contributed by atoms with van der Waals surface area (Å²) in [6.07, 6.45) is 0.582. The Morgan fingerprint density at radius 3 is 2.91 bits per heavy atom. The van der Waals surface area contributed by atoms with Crippen LogP contribution >= 0.6 is 0 Å². The minimum absolute atomic E-state index is 0.00708. The van der Waals surface area contributed by atoms with Crippen molar-refractivity contribution in [2.24, 2.45) is 11.4 Å². The average Bonchev–Trinajstić information content (AvgIpc) is 3.23. The number of nitrogens with two attached hydrogens (primary N) is 1. The zero-order valence-electron chi connectivity index (χ0n) is 17.6. The zero-order valence-corrected chi connectivity index (χ0v) is 18.5. The summed E-state index contributed by atoms with van der Waals surface area (Å²) < 4.78 is 39.8. The number of hydrogen-bond donors (Lipinski definition) is 1. The highest BCUT2D eigenvalue weighted by Gasteiger charge is 2.39. The number of aromatic nitrogens is 4. The first-order chi connectivity index (χ1) is 15.7. The number of nitrogens with zero attached hydrogens (tertiary/aromatic N) is 6. The summed E-state index contributed by atoms with van der Waals surface area (Å²) in [4.78, 5) is 21.2. The zero-order chi connectivity index (χ0) is 23.5. The number of rotatable bonds is 0. The Labute approximate surface area is 188 Å². The summed E-state index contributed by atoms with van der Waals surface area (Å²) in [7, 11) is -1.69. The first-order valence-corrected chi connectivity index (χ1v) is 11.6. The lowest BCUT2D eigenvalue weighted by Crippen LogP contribution is -2.23. The van der Waals surface area contributed by atoms with Crippen molar-refractivity contribution in [2.45, 2.75) is 36.0 Å². The molecule has 0 fully saturated rings. The summed E-state index contributed by atoms with van der Waals surface area (Å²) in [5.41, 5.74) is 7.57. The van der Waals surface area contributed by atoms with Crippen molar-refractivity contribution < 1.29 is 18.1 Å². The van der Waals surface area contributed by atoms with E-state index >= 15 is 0 Å². The van der Waals surface area contributed by atoms with Crippen molar-refractivity contribution in [1.82, 2.24) is 19.7 Å². The number of ether oxygens (including phenoxy) is 1. The quantitative estimate of drug-likeness (QED) is 0.529. The maximum absolute atomic E-state index is 14.2. The Hall–Kier alpha value is -3.85. The van der Waals surface area contributed by atoms with Crippen LogP contribution in [0.15, 0.2) is 33.7 Å². The predicted molar refractivity (Wildman–Crippen MR) is 115 cm³/mol. The number of fused-ring (bicyclic) bond motifs is 7. The fraction of sp³-hybridized carbons (Fsp3) is 0.286. The van der Waals surface area contributed by atoms with Crippen molar-refractivity contribution in [3.8, 4) is 23.2 Å². The van der Waals surface area contributed by atoms with Gasteiger partial charge in [0, 0.05) is 25.5 Å². The van der Waals surface area contributed by atoms with Crippen LogP contribution in [0.5, 0.6) is 5.88 Å². The molecule has 168 valence electrons. The van der Waals surface area contributed by atoms with Crippen LogP contribution in [0.4, 0.5) is 10.2 Å². The van der Waals surface area contributed by atoms with E-state index in [9.17, 15) is 18.7 Å². The Kier molecular flexibility index (Phi) is 4.68. The number of nitrogen functional groups attached to an aromatic ring is 1. The van der Waals surface area contributed by atoms with E-state index in [4.69, 9.17) is 10.5 Å². The number of benzene rings is 1. The van der Waals surface area contributed by atoms with Crippen LogP contribution in [0.2, 0.25) is 0 Å². The van der Waals surface area contributed by atoms with Crippen molar-refractivity contribution >= 4 is 21.5 Å². The van der Waals surface area contributed by atoms with E-state index in [1.807, 2.05) is 0 Å². The summed E-state index contributed by atoms with van der Waals surface area (Å²) in [6, 6.07) is 5.86. The molecule has 33 heavy (non-hydrogen) atoms. The highest BCUT2D eigenvalue weighted by molar-refractivity contribution is 7.95. The van der Waals surface area contributed by atoms with Gasteiger partial charge in [0.2, 0.25) is 0 Å². The van der Waals surface area contributed by atoms with Crippen LogP contribution in [0, 0.1) is 17.1 Å². The third-order valence-corrected chi connectivity index (χ3v) is 8.49. The van der Waals surface area contributed by atoms with E-state index in [-0.39, 0.29) is 40.7 Å². The first-order valence-electron chi connectivity index (χ1n) is 10.0. The average molecular weight is 467 g/mol. The second-order valence-electron chi connectivity index (χ2n) is 7.88. The van der Waals surface area contributed by atoms with Gasteiger partial charge >= 0.3 is 0 Å². The SMILES string of the molecule is C[C@H]1Oc2nc(cnc2N)-c2c(nn(C)c2C#N)C[C@@H]2CC(=O)N=S2(=O)c2ccc(F)cc21. The molecule has 4 heterocycles. The van der Waals surface area contributed by atoms with Gasteiger partial charge in [-0.25, -0.2) is 18.6 Å². The number of carbonyl (C=O) groups excluding carboxylic acids is 1. The molecule has 1 aromatic carbocycles. The molecule has 3 atom stereocenters. The van der Waals surface area contributed by atoms with E-state index in [0.29, 0.717) is 17.0 Å². The van der Waals surface area contributed by atoms with Gasteiger partial charge in [0.1, 0.15) is 23.7 Å². The van der Waals surface area contributed by atoms with Gasteiger partial charge < -0.3 is 10.5 Å². The van der Waals surface area contributed by atoms with Crippen LogP contribution in [0.25, 0.3) is 11.3 Å². The van der Waals surface area contributed by atoms with E-state index in [0.717, 1.165) is 0 Å². The van der Waals surface area contributed by atoms with Crippen LogP contribution in [-0.2, 0) is 28.0 Å². The molecule has 2 aliphatic rings. The van der Waals surface area contributed by atoms with Crippen molar-refractivity contribution in [1.29, 1.82) is 5.26 Å². The highest BCUT2D eigenvalue weighted by Crippen LogP contribution is 2.39. The minimum Gasteiger partial charge on any atom is -0.467 e. The molecule has 1 unspecified atom stereocenters. The lowest BCUT2D eigenvalue weighted by Gasteiger charge is -2.23. The monoisotopic (exact) mass is 467 g/mol. The summed E-state index contributed by atoms with van der Waals surface area (Å²) in [5, 5.41) is 13.4. The van der Waals surface area contributed by atoms with E-state index in [1.165, 1.54) is 29.1 Å². The minimum atomic E-state index is -3.30. The second-order valence-corrected chi connectivity index (χ2v) is 10.3. The fourth-order valence-electron chi connectivity index (χ4n) is 4.24. The van der Waals surface area contributed by atoms with Gasteiger partial charge in [-0.05, 0) is 25.1 Å². The van der Waals surface area contributed by atoms with E-state index in [1.54, 1.807) is 14.0 Å². The van der Waals surface area contributed by atoms with Crippen molar-refractivity contribution in [3.05, 3.63) is 47.2 Å². The topological polar surface area (TPSA) is 149 Å². The molecular formula is C21H18FN7O3S. The molecule has 0 aliphatic carbocycles. The van der Waals surface area contributed by atoms with Gasteiger partial charge in [0.25, 0.3) is 11.8 Å². The number of hydrogen-bond acceptors (Lipinski definition) is 8. The van der Waals surface area contributed by atoms with Crippen LogP contribution in [0.1, 0.15) is 36.4 Å². The largest absolute Gasteiger partial charge is 0.467 e. The lowest BCUT2D eigenvalue weighted by molar-refractivity contribution is -0.117. The van der Waals surface area contributed by atoms with Crippen LogP contribution in [-0.4, -0.2) is 35.1 Å². The lowest BCUT2D eigenvalue weighted by atomic mass is 10.0. The molecule has 0 radical (unpaired) electrons. The van der Waals surface area contributed by atoms with Gasteiger partial charge in [0.15, 0.2) is 5.82 Å². The first kappa shape index (κ1) is 21.0. The fourth-order valence-corrected chi connectivity index (χ4v) is 6.80. The smallest absolute Gasteiger partial charge is 0.258 e. The molecule has 2 aromatic heterocycles. The normalized spacial score (nSPS) is 23.6. The standard InChI is InChI=1S/C21H18FN7O3S/c1-10-13-5-11(22)3-4-17(13)33(31)12(7-18(30)28-33)6-14-19(16(8-23)29(2)27-14)15-9-25-20(24)21(26-15)32-10/h3-5,9-10,12H,6-7H2,1-2H3,(H2,24,25)/t10-,12-,33?/m1/s1. The molecule has 10 nitrogen and oxygen atoms in total. The Morgan fingerprint density at radius 2 is 2.15 bits per heavy atom. The molecule has 12 heteroatoms. The third kappa shape index (κ3) is 3.23. The number of anilines is 1. The molecule has 2 N–H and O–H groups in total. The molecule has 2 bridgehead atoms. The van der Waals surface area contributed by atoms with Gasteiger partial charge in [-0.15, -0.1) is 0 Å². The number of halogens is 1. The number of nitriles is 1. The van der Waals surface area contributed by atoms with Gasteiger partial charge in [-0.1, -0.05) is 0 Å². The van der Waals surface area contributed by atoms with Crippen LogP contribution < -0.4 is 10.5 Å². The second kappa shape index (κ2) is 7.35. The van der Waals surface area contributed by atoms with E-state index < -0.39 is 32.8 Å². The van der Waals surface area contributed by atoms with Gasteiger partial charge in [0.05, 0.1) is 43.0 Å². The Morgan fingerprint density at radius 1 is 1.36 bits per heavy atom. The molecular weight excluding hydrogens is 449 g/mol. The van der Waals surface area contributed by atoms with Crippen LogP contribution in [0.3, 0.4) is 0 Å². The summed E-state index contributed by atoms with van der Waals surface area (Å²) >= 11 is 0.